The molecule has 0 radical (unpaired) electrons. The fraction of sp³-hybridized carbons (Fsp3) is 0.360. The number of rotatable bonds is 9. The number of aromatic nitrogens is 6. The molecule has 0 saturated carbocycles. The third-order valence-corrected chi connectivity index (χ3v) is 5.58. The first kappa shape index (κ1) is 21.7. The van der Waals surface area contributed by atoms with Gasteiger partial charge < -0.3 is 0 Å². The predicted octanol–water partition coefficient (Wildman–Crippen LogP) is 4.34. The van der Waals surface area contributed by atoms with Crippen molar-refractivity contribution in [3.8, 4) is 16.8 Å². The van der Waals surface area contributed by atoms with Crippen molar-refractivity contribution in [2.24, 2.45) is 5.92 Å². The van der Waals surface area contributed by atoms with Gasteiger partial charge in [-0.05, 0) is 46.4 Å². The average Bonchev–Trinajstić information content (AvgIpc) is 3.43. The van der Waals surface area contributed by atoms with Gasteiger partial charge in [0.1, 0.15) is 6.33 Å². The minimum atomic E-state index is 0.0814. The van der Waals surface area contributed by atoms with Crippen molar-refractivity contribution in [2.75, 3.05) is 0 Å². The molecule has 0 aliphatic carbocycles. The van der Waals surface area contributed by atoms with Gasteiger partial charge in [0.25, 0.3) is 0 Å². The number of aryl methyl sites for hydroxylation is 1. The van der Waals surface area contributed by atoms with E-state index in [-0.39, 0.29) is 5.69 Å². The van der Waals surface area contributed by atoms with Crippen molar-refractivity contribution >= 4 is 0 Å². The molecular weight excluding hydrogens is 400 g/mol. The zero-order chi connectivity index (χ0) is 22.5. The fourth-order valence-corrected chi connectivity index (χ4v) is 3.99. The summed E-state index contributed by atoms with van der Waals surface area (Å²) >= 11 is 0. The Morgan fingerprint density at radius 3 is 2.50 bits per heavy atom. The summed E-state index contributed by atoms with van der Waals surface area (Å²) in [6.07, 6.45) is 6.76. The van der Waals surface area contributed by atoms with Gasteiger partial charge in [0.2, 0.25) is 0 Å². The average molecular weight is 431 g/mol. The maximum absolute atomic E-state index is 13.1. The van der Waals surface area contributed by atoms with Crippen molar-refractivity contribution in [1.29, 1.82) is 0 Å². The number of tetrazole rings is 1. The lowest BCUT2D eigenvalue weighted by atomic mass is 10.0. The van der Waals surface area contributed by atoms with Crippen LogP contribution in [0.5, 0.6) is 0 Å². The van der Waals surface area contributed by atoms with Gasteiger partial charge in [-0.2, -0.15) is 4.68 Å². The van der Waals surface area contributed by atoms with Gasteiger partial charge >= 0.3 is 5.69 Å². The first-order valence-electron chi connectivity index (χ1n) is 11.3. The second-order valence-corrected chi connectivity index (χ2v) is 8.61. The summed E-state index contributed by atoms with van der Waals surface area (Å²) in [4.78, 5) is 13.1. The van der Waals surface area contributed by atoms with Crippen molar-refractivity contribution in [2.45, 2.75) is 53.1 Å². The van der Waals surface area contributed by atoms with Gasteiger partial charge in [0.15, 0.2) is 0 Å². The molecule has 4 rings (SSSR count). The molecule has 7 heteroatoms. The SMILES string of the molecule is CCCCc1cn(CC(C)C)c(=O)n1Cc1ccc(-c2ccccc2-n2cnnn2)cc1. The third-order valence-electron chi connectivity index (χ3n) is 5.58. The molecule has 2 heterocycles. The molecule has 166 valence electrons. The molecule has 2 aromatic heterocycles. The molecule has 0 N–H and O–H groups in total. The summed E-state index contributed by atoms with van der Waals surface area (Å²) in [5.41, 5.74) is 5.36. The van der Waals surface area contributed by atoms with Gasteiger partial charge in [-0.3, -0.25) is 9.13 Å². The molecule has 0 spiro atoms. The van der Waals surface area contributed by atoms with Crippen molar-refractivity contribution in [3.63, 3.8) is 0 Å². The van der Waals surface area contributed by atoms with Crippen LogP contribution in [0.15, 0.2) is 65.8 Å². The molecule has 0 unspecified atom stereocenters. The molecule has 4 aromatic rings. The zero-order valence-electron chi connectivity index (χ0n) is 19.0. The Morgan fingerprint density at radius 2 is 1.81 bits per heavy atom. The zero-order valence-corrected chi connectivity index (χ0v) is 19.0. The highest BCUT2D eigenvalue weighted by Crippen LogP contribution is 2.26. The highest BCUT2D eigenvalue weighted by atomic mass is 16.1. The van der Waals surface area contributed by atoms with E-state index in [1.54, 1.807) is 11.0 Å². The third kappa shape index (κ3) is 4.72. The minimum absolute atomic E-state index is 0.0814. The van der Waals surface area contributed by atoms with E-state index in [1.165, 1.54) is 0 Å². The van der Waals surface area contributed by atoms with E-state index in [0.717, 1.165) is 53.9 Å². The summed E-state index contributed by atoms with van der Waals surface area (Å²) in [7, 11) is 0. The van der Waals surface area contributed by atoms with E-state index in [4.69, 9.17) is 0 Å². The van der Waals surface area contributed by atoms with Crippen LogP contribution < -0.4 is 5.69 Å². The van der Waals surface area contributed by atoms with Gasteiger partial charge in [-0.15, -0.1) is 5.10 Å². The number of imidazole rings is 1. The van der Waals surface area contributed by atoms with E-state index in [2.05, 4.69) is 72.8 Å². The van der Waals surface area contributed by atoms with Crippen LogP contribution in [0.25, 0.3) is 16.8 Å². The van der Waals surface area contributed by atoms with Crippen LogP contribution in [0, 0.1) is 5.92 Å². The fourth-order valence-electron chi connectivity index (χ4n) is 3.99. The number of nitrogens with zero attached hydrogens (tertiary/aromatic N) is 6. The Bertz CT molecular complexity index is 1200. The molecule has 0 saturated heterocycles. The van der Waals surface area contributed by atoms with Crippen LogP contribution in [0.4, 0.5) is 0 Å². The van der Waals surface area contributed by atoms with Crippen LogP contribution in [0.3, 0.4) is 0 Å². The lowest BCUT2D eigenvalue weighted by Crippen LogP contribution is -2.26. The molecule has 0 fully saturated rings. The van der Waals surface area contributed by atoms with Gasteiger partial charge in [0, 0.05) is 24.0 Å². The summed E-state index contributed by atoms with van der Waals surface area (Å²) in [6, 6.07) is 16.4. The van der Waals surface area contributed by atoms with Crippen LogP contribution >= 0.6 is 0 Å². The smallest absolute Gasteiger partial charge is 0.299 e. The highest BCUT2D eigenvalue weighted by Gasteiger charge is 2.13. The van der Waals surface area contributed by atoms with E-state index in [0.29, 0.717) is 12.5 Å². The second-order valence-electron chi connectivity index (χ2n) is 8.61. The monoisotopic (exact) mass is 430 g/mol. The second kappa shape index (κ2) is 9.77. The molecule has 0 atom stereocenters. The standard InChI is InChI=1S/C25H30N6O/c1-4-5-8-22-17-29(15-19(2)3)25(32)30(22)16-20-11-13-21(14-12-20)23-9-6-7-10-24(23)31-18-26-27-28-31/h6-7,9-14,17-19H,4-5,8,15-16H2,1-3H3. The maximum atomic E-state index is 13.1. The maximum Gasteiger partial charge on any atom is 0.328 e. The minimum Gasteiger partial charge on any atom is -0.299 e. The molecule has 0 bridgehead atoms. The predicted molar refractivity (Wildman–Crippen MR) is 126 cm³/mol. The molecule has 0 aliphatic rings. The molecule has 0 amide bonds. The number of hydrogen-bond acceptors (Lipinski definition) is 4. The Kier molecular flexibility index (Phi) is 6.63. The topological polar surface area (TPSA) is 70.5 Å². The molecule has 32 heavy (non-hydrogen) atoms. The highest BCUT2D eigenvalue weighted by molar-refractivity contribution is 5.72. The Balaban J connectivity index is 1.62. The van der Waals surface area contributed by atoms with Crippen molar-refractivity contribution < 1.29 is 0 Å². The Morgan fingerprint density at radius 1 is 1.03 bits per heavy atom. The number of hydrogen-bond donors (Lipinski definition) is 0. The Labute approximate surface area is 188 Å². The van der Waals surface area contributed by atoms with E-state index in [1.807, 2.05) is 27.3 Å². The van der Waals surface area contributed by atoms with Crippen LogP contribution in [-0.4, -0.2) is 29.3 Å². The van der Waals surface area contributed by atoms with E-state index in [9.17, 15) is 4.79 Å². The molecular formula is C25H30N6O. The summed E-state index contributed by atoms with van der Waals surface area (Å²) in [5.74, 6) is 0.433. The first-order valence-corrected chi connectivity index (χ1v) is 11.3. The Hall–Kier alpha value is -3.48. The summed E-state index contributed by atoms with van der Waals surface area (Å²) in [5, 5.41) is 11.5. The van der Waals surface area contributed by atoms with E-state index < -0.39 is 0 Å². The molecule has 0 aliphatic heterocycles. The number of para-hydroxylation sites is 1. The molecule has 2 aromatic carbocycles. The van der Waals surface area contributed by atoms with E-state index >= 15 is 0 Å². The first-order chi connectivity index (χ1) is 15.6. The summed E-state index contributed by atoms with van der Waals surface area (Å²) < 4.78 is 5.47. The quantitative estimate of drug-likeness (QED) is 0.396. The van der Waals surface area contributed by atoms with Crippen LogP contribution in [0.1, 0.15) is 44.9 Å². The molecule has 7 nitrogen and oxygen atoms in total. The van der Waals surface area contributed by atoms with Crippen LogP contribution in [0.2, 0.25) is 0 Å². The van der Waals surface area contributed by atoms with Crippen molar-refractivity contribution in [1.82, 2.24) is 29.3 Å². The van der Waals surface area contributed by atoms with Gasteiger partial charge in [-0.1, -0.05) is 69.7 Å². The number of unbranched alkanes of at least 4 members (excludes halogenated alkanes) is 1. The lowest BCUT2D eigenvalue weighted by Gasteiger charge is -2.11. The summed E-state index contributed by atoms with van der Waals surface area (Å²) in [6.45, 7) is 7.79. The lowest BCUT2D eigenvalue weighted by molar-refractivity contribution is 0.503. The largest absolute Gasteiger partial charge is 0.328 e. The van der Waals surface area contributed by atoms with Gasteiger partial charge in [-0.25, -0.2) is 4.79 Å². The van der Waals surface area contributed by atoms with Gasteiger partial charge in [0.05, 0.1) is 12.2 Å². The normalized spacial score (nSPS) is 11.4. The van der Waals surface area contributed by atoms with Crippen molar-refractivity contribution in [3.05, 3.63) is 82.8 Å². The number of benzene rings is 2. The van der Waals surface area contributed by atoms with Crippen LogP contribution in [-0.2, 0) is 19.5 Å².